The van der Waals surface area contributed by atoms with Crippen LogP contribution in [0, 0.1) is 0 Å². The largest absolute Gasteiger partial charge is 0.504 e. The van der Waals surface area contributed by atoms with Crippen LogP contribution in [0.25, 0.3) is 0 Å². The molecule has 0 aliphatic carbocycles. The minimum atomic E-state index is -0.773. The maximum atomic E-state index is 9.70. The summed E-state index contributed by atoms with van der Waals surface area (Å²) in [7, 11) is 0. The number of aromatic hydroxyl groups is 2. The maximum absolute atomic E-state index is 9.70. The fraction of sp³-hybridized carbons (Fsp3) is 0.417. The molecule has 0 aromatic heterocycles. The van der Waals surface area contributed by atoms with Gasteiger partial charge in [-0.3, -0.25) is 4.79 Å². The van der Waals surface area contributed by atoms with Crippen molar-refractivity contribution in [1.29, 1.82) is 0 Å². The lowest BCUT2D eigenvalue weighted by atomic mass is 10.1. The number of carbonyl (C=O) groups is 1. The third-order valence-electron chi connectivity index (χ3n) is 2.07. The average molecular weight is 256 g/mol. The molecule has 0 fully saturated rings. The molecule has 6 nitrogen and oxygen atoms in total. The maximum Gasteiger partial charge on any atom is 0.303 e. The minimum absolute atomic E-state index is 0.0871. The van der Waals surface area contributed by atoms with Crippen LogP contribution in [0.5, 0.6) is 11.5 Å². The Hall–Kier alpha value is -1.79. The summed E-state index contributed by atoms with van der Waals surface area (Å²) in [4.78, 5) is 9.70. The van der Waals surface area contributed by atoms with Gasteiger partial charge in [0, 0.05) is 6.42 Å². The number of hydrogen-bond donors (Lipinski definition) is 5. The summed E-state index contributed by atoms with van der Waals surface area (Å²) in [5.41, 5.74) is 11.3. The standard InChI is InChI=1S/C8H11NO2.C4H9NO2/c9-4-3-6-1-2-7(10)8(11)5-6;5-3-1-2-4(6)7/h1-2,5,10-11H,3-4,9H2;1-3,5H2,(H,6,7). The molecule has 0 atom stereocenters. The molecule has 1 rings (SSSR count). The van der Waals surface area contributed by atoms with Crippen molar-refractivity contribution < 1.29 is 20.1 Å². The SMILES string of the molecule is NCCCC(=O)O.NCCc1ccc(O)c(O)c1. The molecule has 102 valence electrons. The molecule has 0 aliphatic rings. The quantitative estimate of drug-likeness (QED) is 0.485. The van der Waals surface area contributed by atoms with E-state index in [1.165, 1.54) is 12.1 Å². The minimum Gasteiger partial charge on any atom is -0.504 e. The molecule has 0 aliphatic heterocycles. The zero-order valence-electron chi connectivity index (χ0n) is 10.2. The first kappa shape index (κ1) is 16.2. The molecule has 1 aromatic rings. The first-order chi connectivity index (χ1) is 8.51. The third-order valence-corrected chi connectivity index (χ3v) is 2.07. The summed E-state index contributed by atoms with van der Waals surface area (Å²) >= 11 is 0. The summed E-state index contributed by atoms with van der Waals surface area (Å²) in [6, 6.07) is 4.71. The molecule has 0 amide bonds. The van der Waals surface area contributed by atoms with Crippen LogP contribution >= 0.6 is 0 Å². The lowest BCUT2D eigenvalue weighted by Gasteiger charge is -2.00. The number of benzene rings is 1. The monoisotopic (exact) mass is 256 g/mol. The van der Waals surface area contributed by atoms with Crippen molar-refractivity contribution >= 4 is 5.97 Å². The predicted octanol–water partition coefficient (Wildman–Crippen LogP) is 0.409. The third kappa shape index (κ3) is 7.48. The van der Waals surface area contributed by atoms with E-state index in [9.17, 15) is 4.79 Å². The van der Waals surface area contributed by atoms with Crippen LogP contribution in [0.2, 0.25) is 0 Å². The first-order valence-electron chi connectivity index (χ1n) is 5.64. The molecule has 0 spiro atoms. The number of nitrogens with two attached hydrogens (primary N) is 2. The zero-order valence-corrected chi connectivity index (χ0v) is 10.2. The van der Waals surface area contributed by atoms with Crippen molar-refractivity contribution in [3.05, 3.63) is 23.8 Å². The van der Waals surface area contributed by atoms with Gasteiger partial charge in [0.25, 0.3) is 0 Å². The van der Waals surface area contributed by atoms with Gasteiger partial charge in [-0.1, -0.05) is 6.07 Å². The van der Waals surface area contributed by atoms with Crippen molar-refractivity contribution in [1.82, 2.24) is 0 Å². The van der Waals surface area contributed by atoms with Crippen molar-refractivity contribution in [2.75, 3.05) is 13.1 Å². The van der Waals surface area contributed by atoms with Crippen LogP contribution in [-0.4, -0.2) is 34.4 Å². The van der Waals surface area contributed by atoms with E-state index in [4.69, 9.17) is 26.8 Å². The normalized spacial score (nSPS) is 9.44. The van der Waals surface area contributed by atoms with E-state index >= 15 is 0 Å². The number of phenolic OH excluding ortho intramolecular Hbond substituents is 2. The van der Waals surface area contributed by atoms with Crippen LogP contribution in [0.3, 0.4) is 0 Å². The second-order valence-corrected chi connectivity index (χ2v) is 3.65. The van der Waals surface area contributed by atoms with E-state index in [0.717, 1.165) is 5.56 Å². The Morgan fingerprint density at radius 2 is 1.78 bits per heavy atom. The van der Waals surface area contributed by atoms with Crippen LogP contribution in [0.15, 0.2) is 18.2 Å². The van der Waals surface area contributed by atoms with Gasteiger partial charge >= 0.3 is 5.97 Å². The molecular weight excluding hydrogens is 236 g/mol. The molecule has 1 aromatic carbocycles. The second kappa shape index (κ2) is 9.26. The van der Waals surface area contributed by atoms with E-state index in [1.807, 2.05) is 0 Å². The Morgan fingerprint density at radius 3 is 2.17 bits per heavy atom. The number of phenols is 2. The van der Waals surface area contributed by atoms with Gasteiger partial charge in [-0.2, -0.15) is 0 Å². The summed E-state index contributed by atoms with van der Waals surface area (Å²) in [6.07, 6.45) is 1.49. The highest BCUT2D eigenvalue weighted by molar-refractivity contribution is 5.66. The van der Waals surface area contributed by atoms with E-state index < -0.39 is 5.97 Å². The van der Waals surface area contributed by atoms with Crippen molar-refractivity contribution in [2.24, 2.45) is 11.5 Å². The Labute approximate surface area is 106 Å². The summed E-state index contributed by atoms with van der Waals surface area (Å²) in [6.45, 7) is 1.01. The molecule has 18 heavy (non-hydrogen) atoms. The van der Waals surface area contributed by atoms with Gasteiger partial charge in [0.05, 0.1) is 0 Å². The molecule has 7 N–H and O–H groups in total. The van der Waals surface area contributed by atoms with Crippen molar-refractivity contribution in [2.45, 2.75) is 19.3 Å². The molecule has 0 heterocycles. The van der Waals surface area contributed by atoms with Gasteiger partial charge in [0.15, 0.2) is 11.5 Å². The molecule has 0 radical (unpaired) electrons. The van der Waals surface area contributed by atoms with E-state index in [2.05, 4.69) is 0 Å². The van der Waals surface area contributed by atoms with Gasteiger partial charge in [-0.15, -0.1) is 0 Å². The Balaban J connectivity index is 0.000000360. The van der Waals surface area contributed by atoms with Crippen LogP contribution in [0.1, 0.15) is 18.4 Å². The summed E-state index contributed by atoms with van der Waals surface area (Å²) in [5.74, 6) is -0.952. The summed E-state index contributed by atoms with van der Waals surface area (Å²) in [5, 5.41) is 26.0. The summed E-state index contributed by atoms with van der Waals surface area (Å²) < 4.78 is 0. The zero-order chi connectivity index (χ0) is 14.0. The first-order valence-corrected chi connectivity index (χ1v) is 5.64. The number of carboxylic acids is 1. The number of carboxylic acid groups (broad SMARTS) is 1. The Bertz CT molecular complexity index is 369. The Kier molecular flexibility index (Phi) is 8.34. The second-order valence-electron chi connectivity index (χ2n) is 3.65. The van der Waals surface area contributed by atoms with Crippen LogP contribution in [-0.2, 0) is 11.2 Å². The van der Waals surface area contributed by atoms with E-state index in [1.54, 1.807) is 6.07 Å². The van der Waals surface area contributed by atoms with Crippen molar-refractivity contribution in [3.63, 3.8) is 0 Å². The Morgan fingerprint density at radius 1 is 1.11 bits per heavy atom. The highest BCUT2D eigenvalue weighted by Crippen LogP contribution is 2.24. The van der Waals surface area contributed by atoms with Gasteiger partial charge < -0.3 is 26.8 Å². The molecule has 0 unspecified atom stereocenters. The number of rotatable bonds is 5. The van der Waals surface area contributed by atoms with Crippen LogP contribution in [0.4, 0.5) is 0 Å². The smallest absolute Gasteiger partial charge is 0.303 e. The number of hydrogen-bond acceptors (Lipinski definition) is 5. The highest BCUT2D eigenvalue weighted by atomic mass is 16.4. The van der Waals surface area contributed by atoms with Crippen molar-refractivity contribution in [3.8, 4) is 11.5 Å². The topological polar surface area (TPSA) is 130 Å². The molecule has 0 saturated heterocycles. The molecular formula is C12H20N2O4. The van der Waals surface area contributed by atoms with E-state index in [-0.39, 0.29) is 17.9 Å². The number of aliphatic carboxylic acids is 1. The van der Waals surface area contributed by atoms with Crippen LogP contribution < -0.4 is 11.5 Å². The molecule has 0 bridgehead atoms. The van der Waals surface area contributed by atoms with Gasteiger partial charge in [0.1, 0.15) is 0 Å². The highest BCUT2D eigenvalue weighted by Gasteiger charge is 1.98. The lowest BCUT2D eigenvalue weighted by molar-refractivity contribution is -0.137. The van der Waals surface area contributed by atoms with Gasteiger partial charge in [-0.25, -0.2) is 0 Å². The van der Waals surface area contributed by atoms with E-state index in [0.29, 0.717) is 25.9 Å². The average Bonchev–Trinajstić information content (AvgIpc) is 2.32. The van der Waals surface area contributed by atoms with Gasteiger partial charge in [-0.05, 0) is 43.6 Å². The molecule has 0 saturated carbocycles. The fourth-order valence-corrected chi connectivity index (χ4v) is 1.14. The lowest BCUT2D eigenvalue weighted by Crippen LogP contribution is -2.02. The molecule has 6 heteroatoms. The predicted molar refractivity (Wildman–Crippen MR) is 68.5 cm³/mol. The fourth-order valence-electron chi connectivity index (χ4n) is 1.14. The van der Waals surface area contributed by atoms with Gasteiger partial charge in [0.2, 0.25) is 0 Å².